The van der Waals surface area contributed by atoms with Crippen molar-refractivity contribution in [3.63, 3.8) is 0 Å². The van der Waals surface area contributed by atoms with Gasteiger partial charge in [0.15, 0.2) is 0 Å². The second-order valence-corrected chi connectivity index (χ2v) is 5.95. The summed E-state index contributed by atoms with van der Waals surface area (Å²) in [6, 6.07) is 8.39. The average molecular weight is 275 g/mol. The van der Waals surface area contributed by atoms with Crippen LogP contribution in [0, 0.1) is 12.8 Å². The highest BCUT2D eigenvalue weighted by Crippen LogP contribution is 2.24. The molecule has 1 fully saturated rings. The second-order valence-electron chi connectivity index (χ2n) is 5.95. The largest absolute Gasteiger partial charge is 0.494 e. The highest BCUT2D eigenvalue weighted by molar-refractivity contribution is 5.76. The molecule has 1 aromatic carbocycles. The Balaban J connectivity index is 1.60. The number of rotatable bonds is 6. The van der Waals surface area contributed by atoms with Gasteiger partial charge < -0.3 is 10.1 Å². The zero-order valence-electron chi connectivity index (χ0n) is 12.5. The van der Waals surface area contributed by atoms with E-state index in [1.807, 2.05) is 31.2 Å². The molecule has 3 nitrogen and oxygen atoms in total. The topological polar surface area (TPSA) is 38.3 Å². The number of hydrogen-bond acceptors (Lipinski definition) is 2. The number of benzene rings is 1. The molecule has 2 rings (SSSR count). The maximum Gasteiger partial charge on any atom is 0.220 e. The van der Waals surface area contributed by atoms with E-state index in [4.69, 9.17) is 4.74 Å². The minimum absolute atomic E-state index is 0.164. The van der Waals surface area contributed by atoms with Gasteiger partial charge in [0, 0.05) is 12.5 Å². The normalized spacial score (nSPS) is 21.7. The summed E-state index contributed by atoms with van der Waals surface area (Å²) in [5.41, 5.74) is 1.19. The number of hydrogen-bond donors (Lipinski definition) is 1. The number of amides is 1. The van der Waals surface area contributed by atoms with Gasteiger partial charge in [0.1, 0.15) is 5.75 Å². The van der Waals surface area contributed by atoms with Gasteiger partial charge in [0.2, 0.25) is 5.91 Å². The van der Waals surface area contributed by atoms with Crippen LogP contribution >= 0.6 is 0 Å². The van der Waals surface area contributed by atoms with E-state index in [0.717, 1.165) is 30.9 Å². The predicted molar refractivity (Wildman–Crippen MR) is 80.9 cm³/mol. The second kappa shape index (κ2) is 7.32. The molecule has 0 saturated heterocycles. The van der Waals surface area contributed by atoms with Crippen LogP contribution in [0.15, 0.2) is 24.3 Å². The molecule has 3 heteroatoms. The van der Waals surface area contributed by atoms with Gasteiger partial charge in [-0.15, -0.1) is 0 Å². The predicted octanol–water partition coefficient (Wildman–Crippen LogP) is 3.46. The van der Waals surface area contributed by atoms with Crippen LogP contribution in [0.5, 0.6) is 5.75 Å². The van der Waals surface area contributed by atoms with Crippen molar-refractivity contribution in [2.45, 2.75) is 52.0 Å². The summed E-state index contributed by atoms with van der Waals surface area (Å²) in [6.45, 7) is 4.89. The molecule has 0 bridgehead atoms. The third kappa shape index (κ3) is 4.87. The molecule has 1 aliphatic rings. The molecule has 2 atom stereocenters. The first-order valence-corrected chi connectivity index (χ1v) is 7.62. The van der Waals surface area contributed by atoms with E-state index in [-0.39, 0.29) is 5.91 Å². The molecule has 110 valence electrons. The van der Waals surface area contributed by atoms with Crippen molar-refractivity contribution in [3.05, 3.63) is 29.8 Å². The maximum absolute atomic E-state index is 11.8. The summed E-state index contributed by atoms with van der Waals surface area (Å²) < 4.78 is 5.64. The maximum atomic E-state index is 11.8. The summed E-state index contributed by atoms with van der Waals surface area (Å²) >= 11 is 0. The zero-order valence-corrected chi connectivity index (χ0v) is 12.5. The SMILES string of the molecule is Cc1cccc(OCCCC(=O)NC2CCC(C)C2)c1. The van der Waals surface area contributed by atoms with Crippen LogP contribution in [0.2, 0.25) is 0 Å². The summed E-state index contributed by atoms with van der Waals surface area (Å²) in [6.07, 6.45) is 4.82. The van der Waals surface area contributed by atoms with Crippen LogP contribution in [0.25, 0.3) is 0 Å². The summed E-state index contributed by atoms with van der Waals surface area (Å²) in [7, 11) is 0. The van der Waals surface area contributed by atoms with E-state index < -0.39 is 0 Å². The smallest absolute Gasteiger partial charge is 0.220 e. The fourth-order valence-corrected chi connectivity index (χ4v) is 2.77. The lowest BCUT2D eigenvalue weighted by molar-refractivity contribution is -0.122. The minimum atomic E-state index is 0.164. The lowest BCUT2D eigenvalue weighted by atomic mass is 10.1. The van der Waals surface area contributed by atoms with Crippen LogP contribution in [0.3, 0.4) is 0 Å². The van der Waals surface area contributed by atoms with Crippen LogP contribution < -0.4 is 10.1 Å². The molecule has 0 heterocycles. The average Bonchev–Trinajstić information content (AvgIpc) is 2.80. The van der Waals surface area contributed by atoms with E-state index in [0.29, 0.717) is 19.1 Å². The highest BCUT2D eigenvalue weighted by Gasteiger charge is 2.22. The Morgan fingerprint density at radius 1 is 1.40 bits per heavy atom. The number of nitrogens with one attached hydrogen (secondary N) is 1. The first kappa shape index (κ1) is 14.9. The van der Waals surface area contributed by atoms with Crippen LogP contribution in [0.4, 0.5) is 0 Å². The molecule has 0 aliphatic heterocycles. The monoisotopic (exact) mass is 275 g/mol. The van der Waals surface area contributed by atoms with Crippen LogP contribution in [-0.4, -0.2) is 18.6 Å². The first-order valence-electron chi connectivity index (χ1n) is 7.62. The number of carbonyl (C=O) groups excluding carboxylic acids is 1. The summed E-state index contributed by atoms with van der Waals surface area (Å²) in [4.78, 5) is 11.8. The van der Waals surface area contributed by atoms with Gasteiger partial charge in [-0.3, -0.25) is 4.79 Å². The van der Waals surface area contributed by atoms with Gasteiger partial charge in [-0.05, 0) is 56.2 Å². The number of aryl methyl sites for hydroxylation is 1. The van der Waals surface area contributed by atoms with Gasteiger partial charge in [0.25, 0.3) is 0 Å². The molecule has 1 N–H and O–H groups in total. The van der Waals surface area contributed by atoms with Gasteiger partial charge in [-0.25, -0.2) is 0 Å². The van der Waals surface area contributed by atoms with Crippen molar-refractivity contribution in [1.82, 2.24) is 5.32 Å². The van der Waals surface area contributed by atoms with Crippen molar-refractivity contribution >= 4 is 5.91 Å². The van der Waals surface area contributed by atoms with Crippen molar-refractivity contribution in [2.24, 2.45) is 5.92 Å². The Morgan fingerprint density at radius 3 is 2.95 bits per heavy atom. The summed E-state index contributed by atoms with van der Waals surface area (Å²) in [5, 5.41) is 3.12. The Bertz CT molecular complexity index is 444. The molecular weight excluding hydrogens is 250 g/mol. The van der Waals surface area contributed by atoms with Crippen molar-refractivity contribution in [3.8, 4) is 5.75 Å². The number of ether oxygens (including phenoxy) is 1. The molecule has 0 radical (unpaired) electrons. The fourth-order valence-electron chi connectivity index (χ4n) is 2.77. The fraction of sp³-hybridized carbons (Fsp3) is 0.588. The van der Waals surface area contributed by atoms with E-state index in [1.165, 1.54) is 12.0 Å². The van der Waals surface area contributed by atoms with Gasteiger partial charge in [0.05, 0.1) is 6.61 Å². The van der Waals surface area contributed by atoms with Gasteiger partial charge >= 0.3 is 0 Å². The first-order chi connectivity index (χ1) is 9.63. The minimum Gasteiger partial charge on any atom is -0.494 e. The highest BCUT2D eigenvalue weighted by atomic mass is 16.5. The summed E-state index contributed by atoms with van der Waals surface area (Å²) in [5.74, 6) is 1.80. The van der Waals surface area contributed by atoms with E-state index >= 15 is 0 Å². The molecule has 1 amide bonds. The Morgan fingerprint density at radius 2 is 2.25 bits per heavy atom. The van der Waals surface area contributed by atoms with Crippen molar-refractivity contribution in [2.75, 3.05) is 6.61 Å². The van der Waals surface area contributed by atoms with Gasteiger partial charge in [-0.1, -0.05) is 19.1 Å². The third-order valence-corrected chi connectivity index (χ3v) is 3.87. The Hall–Kier alpha value is -1.51. The molecule has 0 aromatic heterocycles. The number of carbonyl (C=O) groups is 1. The molecule has 2 unspecified atom stereocenters. The van der Waals surface area contributed by atoms with E-state index in [9.17, 15) is 4.79 Å². The quantitative estimate of drug-likeness (QED) is 0.807. The third-order valence-electron chi connectivity index (χ3n) is 3.87. The lowest BCUT2D eigenvalue weighted by Crippen LogP contribution is -2.32. The van der Waals surface area contributed by atoms with E-state index in [1.54, 1.807) is 0 Å². The molecule has 1 aromatic rings. The lowest BCUT2D eigenvalue weighted by Gasteiger charge is -2.12. The molecule has 1 aliphatic carbocycles. The van der Waals surface area contributed by atoms with Crippen molar-refractivity contribution < 1.29 is 9.53 Å². The standard InChI is InChI=1S/C17H25NO2/c1-13-5-3-6-16(12-13)20-10-4-7-17(19)18-15-9-8-14(2)11-15/h3,5-6,12,14-15H,4,7-11H2,1-2H3,(H,18,19). The molecular formula is C17H25NO2. The molecule has 0 spiro atoms. The Labute approximate surface area is 121 Å². The van der Waals surface area contributed by atoms with Gasteiger partial charge in [-0.2, -0.15) is 0 Å². The van der Waals surface area contributed by atoms with Crippen LogP contribution in [-0.2, 0) is 4.79 Å². The molecule has 1 saturated carbocycles. The molecule has 20 heavy (non-hydrogen) atoms. The van der Waals surface area contributed by atoms with E-state index in [2.05, 4.69) is 12.2 Å². The Kier molecular flexibility index (Phi) is 5.45. The van der Waals surface area contributed by atoms with Crippen molar-refractivity contribution in [1.29, 1.82) is 0 Å². The zero-order chi connectivity index (χ0) is 14.4. The van der Waals surface area contributed by atoms with Crippen LogP contribution in [0.1, 0.15) is 44.6 Å².